The van der Waals surface area contributed by atoms with E-state index in [-0.39, 0.29) is 17.2 Å². The monoisotopic (exact) mass is 473 g/mol. The highest BCUT2D eigenvalue weighted by Crippen LogP contribution is 2.21. The topological polar surface area (TPSA) is 99.5 Å². The van der Waals surface area contributed by atoms with Crippen molar-refractivity contribution in [3.8, 4) is 0 Å². The summed E-state index contributed by atoms with van der Waals surface area (Å²) < 4.78 is 11.5. The maximum Gasteiger partial charge on any atom is 0.337 e. The zero-order valence-corrected chi connectivity index (χ0v) is 20.0. The molecule has 0 saturated heterocycles. The molecule has 33 heavy (non-hydrogen) atoms. The highest BCUT2D eigenvalue weighted by atomic mass is 32.2. The van der Waals surface area contributed by atoms with Crippen molar-refractivity contribution >= 4 is 34.5 Å². The number of methoxy groups -OCH3 is 2. The van der Waals surface area contributed by atoms with Crippen molar-refractivity contribution in [3.63, 3.8) is 0 Å². The Kier molecular flexibility index (Phi) is 9.50. The number of rotatable bonds is 11. The highest BCUT2D eigenvalue weighted by molar-refractivity contribution is 7.99. The standard InChI is InChI=1S/C24H31N3O5S/c1-31-14-6-13-27-22(29)19-10-9-18(23(30)32-2)15-20(19)26-24(27)33-16-21(28)25-12-11-17-7-4-3-5-8-17/h7,9-10,15H,3-6,8,11-14,16H2,1-2H3,(H,25,28). The van der Waals surface area contributed by atoms with Gasteiger partial charge in [-0.1, -0.05) is 23.4 Å². The molecule has 0 bridgehead atoms. The number of aromatic nitrogens is 2. The van der Waals surface area contributed by atoms with Crippen LogP contribution in [0, 0.1) is 0 Å². The number of nitrogens with one attached hydrogen (secondary N) is 1. The number of thioether (sulfide) groups is 1. The third-order valence-corrected chi connectivity index (χ3v) is 6.53. The molecule has 0 radical (unpaired) electrons. The third kappa shape index (κ3) is 6.91. The minimum atomic E-state index is -0.496. The van der Waals surface area contributed by atoms with Gasteiger partial charge in [0.1, 0.15) is 0 Å². The van der Waals surface area contributed by atoms with Crippen LogP contribution in [0.4, 0.5) is 0 Å². The first kappa shape index (κ1) is 25.0. The van der Waals surface area contributed by atoms with Crippen LogP contribution in [-0.2, 0) is 20.8 Å². The Bertz CT molecular complexity index is 1080. The molecular weight excluding hydrogens is 442 g/mol. The molecule has 1 aromatic carbocycles. The second-order valence-electron chi connectivity index (χ2n) is 7.92. The zero-order valence-electron chi connectivity index (χ0n) is 19.2. The van der Waals surface area contributed by atoms with Gasteiger partial charge in [0.25, 0.3) is 5.56 Å². The lowest BCUT2D eigenvalue weighted by molar-refractivity contribution is -0.118. The predicted molar refractivity (Wildman–Crippen MR) is 129 cm³/mol. The van der Waals surface area contributed by atoms with E-state index in [0.29, 0.717) is 47.7 Å². The fourth-order valence-electron chi connectivity index (χ4n) is 3.80. The number of ether oxygens (including phenoxy) is 2. The number of carbonyl (C=O) groups is 2. The number of allylic oxidation sites excluding steroid dienone is 1. The molecule has 0 spiro atoms. The SMILES string of the molecule is COCCCn1c(SCC(=O)NCCC2=CCCCC2)nc2cc(C(=O)OC)ccc2c1=O. The Morgan fingerprint density at radius 2 is 2.09 bits per heavy atom. The number of esters is 1. The van der Waals surface area contributed by atoms with E-state index >= 15 is 0 Å². The summed E-state index contributed by atoms with van der Waals surface area (Å²) in [6, 6.07) is 4.69. The van der Waals surface area contributed by atoms with Crippen LogP contribution in [-0.4, -0.2) is 54.6 Å². The Morgan fingerprint density at radius 1 is 1.24 bits per heavy atom. The fourth-order valence-corrected chi connectivity index (χ4v) is 4.65. The maximum absolute atomic E-state index is 13.1. The van der Waals surface area contributed by atoms with Gasteiger partial charge in [-0.15, -0.1) is 0 Å². The number of hydrogen-bond donors (Lipinski definition) is 1. The largest absolute Gasteiger partial charge is 0.465 e. The number of amides is 1. The normalized spacial score (nSPS) is 13.6. The molecule has 1 aliphatic rings. The summed E-state index contributed by atoms with van der Waals surface area (Å²) in [4.78, 5) is 42.0. The molecule has 9 heteroatoms. The molecule has 0 unspecified atom stereocenters. The molecule has 8 nitrogen and oxygen atoms in total. The molecular formula is C24H31N3O5S. The first-order chi connectivity index (χ1) is 16.0. The Hall–Kier alpha value is -2.65. The molecule has 2 aromatic rings. The second kappa shape index (κ2) is 12.6. The van der Waals surface area contributed by atoms with Crippen LogP contribution in [0.25, 0.3) is 10.9 Å². The van der Waals surface area contributed by atoms with Crippen molar-refractivity contribution in [2.45, 2.75) is 50.2 Å². The average molecular weight is 474 g/mol. The highest BCUT2D eigenvalue weighted by Gasteiger charge is 2.15. The number of fused-ring (bicyclic) bond motifs is 1. The summed E-state index contributed by atoms with van der Waals surface area (Å²) >= 11 is 1.22. The fraction of sp³-hybridized carbons (Fsp3) is 0.500. The van der Waals surface area contributed by atoms with Crippen LogP contribution < -0.4 is 10.9 Å². The molecule has 3 rings (SSSR count). The van der Waals surface area contributed by atoms with E-state index in [9.17, 15) is 14.4 Å². The lowest BCUT2D eigenvalue weighted by Gasteiger charge is -2.14. The molecule has 1 N–H and O–H groups in total. The molecule has 178 valence electrons. The van der Waals surface area contributed by atoms with Gasteiger partial charge in [-0.3, -0.25) is 14.2 Å². The lowest BCUT2D eigenvalue weighted by Crippen LogP contribution is -2.28. The van der Waals surface area contributed by atoms with E-state index in [0.717, 1.165) is 19.3 Å². The molecule has 0 atom stereocenters. The van der Waals surface area contributed by atoms with E-state index in [2.05, 4.69) is 16.4 Å². The minimum absolute atomic E-state index is 0.0995. The number of hydrogen-bond acceptors (Lipinski definition) is 7. The van der Waals surface area contributed by atoms with Gasteiger partial charge in [0.05, 0.1) is 29.3 Å². The second-order valence-corrected chi connectivity index (χ2v) is 8.86. The van der Waals surface area contributed by atoms with Crippen molar-refractivity contribution in [2.24, 2.45) is 0 Å². The quantitative estimate of drug-likeness (QED) is 0.176. The van der Waals surface area contributed by atoms with Crippen molar-refractivity contribution in [1.82, 2.24) is 14.9 Å². The summed E-state index contributed by atoms with van der Waals surface area (Å²) in [6.07, 6.45) is 8.52. The van der Waals surface area contributed by atoms with Crippen LogP contribution in [0.15, 0.2) is 39.8 Å². The van der Waals surface area contributed by atoms with Gasteiger partial charge in [0.2, 0.25) is 5.91 Å². The molecule has 0 aliphatic heterocycles. The van der Waals surface area contributed by atoms with Crippen LogP contribution >= 0.6 is 11.8 Å². The summed E-state index contributed by atoms with van der Waals surface area (Å²) in [5.74, 6) is -0.444. The van der Waals surface area contributed by atoms with Gasteiger partial charge in [-0.05, 0) is 56.7 Å². The van der Waals surface area contributed by atoms with Gasteiger partial charge in [-0.25, -0.2) is 9.78 Å². The van der Waals surface area contributed by atoms with E-state index in [1.54, 1.807) is 29.9 Å². The van der Waals surface area contributed by atoms with Crippen molar-refractivity contribution in [2.75, 3.05) is 33.1 Å². The Labute approximate surface area is 197 Å². The van der Waals surface area contributed by atoms with Crippen molar-refractivity contribution in [1.29, 1.82) is 0 Å². The molecule has 0 saturated carbocycles. The van der Waals surface area contributed by atoms with Gasteiger partial charge >= 0.3 is 5.97 Å². The lowest BCUT2D eigenvalue weighted by atomic mass is 9.97. The van der Waals surface area contributed by atoms with Crippen LogP contribution in [0.1, 0.15) is 48.9 Å². The van der Waals surface area contributed by atoms with Crippen LogP contribution in [0.5, 0.6) is 0 Å². The minimum Gasteiger partial charge on any atom is -0.465 e. The Morgan fingerprint density at radius 3 is 2.82 bits per heavy atom. The van der Waals surface area contributed by atoms with Crippen LogP contribution in [0.2, 0.25) is 0 Å². The molecule has 1 aliphatic carbocycles. The van der Waals surface area contributed by atoms with E-state index < -0.39 is 5.97 Å². The predicted octanol–water partition coefficient (Wildman–Crippen LogP) is 3.32. The smallest absolute Gasteiger partial charge is 0.337 e. The summed E-state index contributed by atoms with van der Waals surface area (Å²) in [5, 5.41) is 3.81. The summed E-state index contributed by atoms with van der Waals surface area (Å²) in [5.41, 5.74) is 1.93. The molecule has 1 aromatic heterocycles. The Balaban J connectivity index is 1.74. The van der Waals surface area contributed by atoms with E-state index in [4.69, 9.17) is 9.47 Å². The van der Waals surface area contributed by atoms with Crippen molar-refractivity contribution < 1.29 is 19.1 Å². The average Bonchev–Trinajstić information content (AvgIpc) is 2.84. The van der Waals surface area contributed by atoms with Crippen LogP contribution in [0.3, 0.4) is 0 Å². The van der Waals surface area contributed by atoms with E-state index in [1.165, 1.54) is 37.3 Å². The molecule has 0 fully saturated rings. The number of benzene rings is 1. The van der Waals surface area contributed by atoms with Crippen molar-refractivity contribution in [3.05, 3.63) is 45.8 Å². The molecule has 1 amide bonds. The first-order valence-corrected chi connectivity index (χ1v) is 12.2. The first-order valence-electron chi connectivity index (χ1n) is 11.2. The van der Waals surface area contributed by atoms with Gasteiger partial charge in [0, 0.05) is 26.8 Å². The summed E-state index contributed by atoms with van der Waals surface area (Å²) in [6.45, 7) is 1.54. The van der Waals surface area contributed by atoms with E-state index in [1.807, 2.05) is 0 Å². The maximum atomic E-state index is 13.1. The number of carbonyl (C=O) groups excluding carboxylic acids is 2. The third-order valence-electron chi connectivity index (χ3n) is 5.56. The van der Waals surface area contributed by atoms with Gasteiger partial charge in [0.15, 0.2) is 5.16 Å². The zero-order chi connectivity index (χ0) is 23.6. The van der Waals surface area contributed by atoms with Gasteiger partial charge in [-0.2, -0.15) is 0 Å². The van der Waals surface area contributed by atoms with Gasteiger partial charge < -0.3 is 14.8 Å². The summed E-state index contributed by atoms with van der Waals surface area (Å²) in [7, 11) is 2.91. The molecule has 1 heterocycles. The number of nitrogens with zero attached hydrogens (tertiary/aromatic N) is 2.